The van der Waals surface area contributed by atoms with Gasteiger partial charge >= 0.3 is 12.5 Å². The number of carbonyl (C=O) groups is 2. The predicted octanol–water partition coefficient (Wildman–Crippen LogP) is 5.91. The molecule has 2 amide bonds. The summed E-state index contributed by atoms with van der Waals surface area (Å²) in [5, 5.41) is 5.25. The van der Waals surface area contributed by atoms with E-state index in [4.69, 9.17) is 21.1 Å². The fourth-order valence-electron chi connectivity index (χ4n) is 5.34. The number of rotatable bonds is 5. The first-order valence-electron chi connectivity index (χ1n) is 12.2. The molecule has 2 bridgehead atoms. The third-order valence-electron chi connectivity index (χ3n) is 7.51. The first-order chi connectivity index (χ1) is 19.2. The van der Waals surface area contributed by atoms with Gasteiger partial charge in [0.05, 0.1) is 40.7 Å². The van der Waals surface area contributed by atoms with Crippen LogP contribution in [-0.2, 0) is 4.74 Å². The Kier molecular flexibility index (Phi) is 6.28. The van der Waals surface area contributed by atoms with Gasteiger partial charge in [0, 0.05) is 6.07 Å². The second kappa shape index (κ2) is 9.29. The van der Waals surface area contributed by atoms with Crippen molar-refractivity contribution < 1.29 is 50.5 Å². The molecule has 41 heavy (non-hydrogen) atoms. The Hall–Kier alpha value is -3.43. The van der Waals surface area contributed by atoms with Crippen LogP contribution in [0.4, 0.5) is 27.6 Å². The minimum absolute atomic E-state index is 0.0199. The van der Waals surface area contributed by atoms with Crippen LogP contribution in [0.15, 0.2) is 24.3 Å². The van der Waals surface area contributed by atoms with Gasteiger partial charge in [-0.1, -0.05) is 11.6 Å². The SMILES string of the molecule is COc1ccc2nc(Cl)sc2c1C(=O)Nc1cc2c(cc1C(=O)NC13CCC(C(F)(F)F)(CC1)OC3)OC(F)(F)O2. The molecule has 2 aromatic carbocycles. The summed E-state index contributed by atoms with van der Waals surface area (Å²) in [5.41, 5.74) is -3.48. The van der Waals surface area contributed by atoms with Crippen molar-refractivity contribution in [1.29, 1.82) is 0 Å². The van der Waals surface area contributed by atoms with E-state index in [0.717, 1.165) is 23.5 Å². The Balaban J connectivity index is 1.33. The van der Waals surface area contributed by atoms with Crippen LogP contribution in [0.1, 0.15) is 46.4 Å². The number of hydrogen-bond acceptors (Lipinski definition) is 8. The highest BCUT2D eigenvalue weighted by Gasteiger charge is 2.63. The van der Waals surface area contributed by atoms with E-state index in [-0.39, 0.29) is 52.7 Å². The summed E-state index contributed by atoms with van der Waals surface area (Å²) in [6.45, 7) is -0.395. The second-order valence-corrected chi connectivity index (χ2v) is 11.5. The van der Waals surface area contributed by atoms with E-state index in [1.165, 1.54) is 13.2 Å². The van der Waals surface area contributed by atoms with Gasteiger partial charge in [0.15, 0.2) is 21.6 Å². The van der Waals surface area contributed by atoms with Crippen LogP contribution >= 0.6 is 22.9 Å². The second-order valence-electron chi connectivity index (χ2n) is 9.94. The van der Waals surface area contributed by atoms with Crippen LogP contribution in [0, 0.1) is 0 Å². The number of amides is 2. The molecule has 1 aliphatic carbocycles. The molecule has 4 aliphatic rings. The van der Waals surface area contributed by atoms with Crippen LogP contribution in [0.25, 0.3) is 10.2 Å². The number of hydrogen-bond donors (Lipinski definition) is 2. The van der Waals surface area contributed by atoms with Crippen LogP contribution in [0.2, 0.25) is 4.47 Å². The molecule has 1 aromatic heterocycles. The lowest BCUT2D eigenvalue weighted by molar-refractivity contribution is -0.317. The maximum atomic E-state index is 13.9. The van der Waals surface area contributed by atoms with Gasteiger partial charge < -0.3 is 29.6 Å². The number of nitrogens with one attached hydrogen (secondary N) is 2. The predicted molar refractivity (Wildman–Crippen MR) is 135 cm³/mol. The van der Waals surface area contributed by atoms with Gasteiger partial charge in [0.25, 0.3) is 11.8 Å². The van der Waals surface area contributed by atoms with Crippen molar-refractivity contribution in [3.8, 4) is 17.2 Å². The number of methoxy groups -OCH3 is 1. The summed E-state index contributed by atoms with van der Waals surface area (Å²) in [5.74, 6) is -2.39. The highest BCUT2D eigenvalue weighted by Crippen LogP contribution is 2.52. The number of carbonyl (C=O) groups excluding carboxylic acids is 2. The van der Waals surface area contributed by atoms with Crippen molar-refractivity contribution in [3.05, 3.63) is 39.9 Å². The third-order valence-corrected chi connectivity index (χ3v) is 8.70. The molecular weight excluding hydrogens is 601 g/mol. The topological polar surface area (TPSA) is 108 Å². The molecule has 2 N–H and O–H groups in total. The first-order valence-corrected chi connectivity index (χ1v) is 13.3. The molecule has 2 saturated heterocycles. The molecule has 9 nitrogen and oxygen atoms in total. The maximum absolute atomic E-state index is 13.9. The molecule has 0 spiro atoms. The van der Waals surface area contributed by atoms with Crippen molar-refractivity contribution in [2.45, 2.75) is 49.3 Å². The molecule has 3 aromatic rings. The van der Waals surface area contributed by atoms with E-state index in [9.17, 15) is 31.5 Å². The standard InChI is InChI=1S/C25H19ClF5N3O6S/c1-37-14-3-2-12-18(41-21(26)33-12)17(14)20(36)32-13-9-16-15(39-25(30,31)40-16)8-11(13)19(35)34-22-4-6-23(7-5-22,38-10-22)24(27,28)29/h2-3,8-9H,4-7,10H2,1H3,(H,32,36)(H,34,35). The Morgan fingerprint density at radius 1 is 1.07 bits per heavy atom. The van der Waals surface area contributed by atoms with Crippen LogP contribution in [0.3, 0.4) is 0 Å². The highest BCUT2D eigenvalue weighted by atomic mass is 35.5. The molecule has 218 valence electrons. The van der Waals surface area contributed by atoms with Crippen LogP contribution in [0.5, 0.6) is 17.2 Å². The zero-order valence-electron chi connectivity index (χ0n) is 20.9. The van der Waals surface area contributed by atoms with E-state index in [0.29, 0.717) is 10.2 Å². The lowest BCUT2D eigenvalue weighted by Crippen LogP contribution is -2.66. The van der Waals surface area contributed by atoms with E-state index < -0.39 is 53.5 Å². The van der Waals surface area contributed by atoms with Crippen molar-refractivity contribution in [1.82, 2.24) is 10.3 Å². The smallest absolute Gasteiger partial charge is 0.496 e. The number of nitrogens with zero attached hydrogens (tertiary/aromatic N) is 1. The number of aromatic nitrogens is 1. The van der Waals surface area contributed by atoms with Crippen molar-refractivity contribution in [3.63, 3.8) is 0 Å². The lowest BCUT2D eigenvalue weighted by atomic mass is 9.70. The van der Waals surface area contributed by atoms with Gasteiger partial charge in [0.1, 0.15) is 11.3 Å². The summed E-state index contributed by atoms with van der Waals surface area (Å²) in [7, 11) is 1.34. The number of fused-ring (bicyclic) bond motifs is 5. The van der Waals surface area contributed by atoms with Crippen molar-refractivity contribution in [2.24, 2.45) is 0 Å². The number of ether oxygens (including phenoxy) is 4. The van der Waals surface area contributed by atoms with Gasteiger partial charge in [-0.25, -0.2) is 4.98 Å². The number of anilines is 1. The minimum atomic E-state index is -4.56. The summed E-state index contributed by atoms with van der Waals surface area (Å²) < 4.78 is 88.5. The summed E-state index contributed by atoms with van der Waals surface area (Å²) in [4.78, 5) is 31.2. The number of halogens is 6. The monoisotopic (exact) mass is 619 g/mol. The number of thiazole rings is 1. The highest BCUT2D eigenvalue weighted by molar-refractivity contribution is 7.22. The first kappa shape index (κ1) is 27.7. The molecule has 16 heteroatoms. The largest absolute Gasteiger partial charge is 0.586 e. The number of alkyl halides is 5. The van der Waals surface area contributed by atoms with Crippen molar-refractivity contribution in [2.75, 3.05) is 19.0 Å². The molecule has 0 atom stereocenters. The van der Waals surface area contributed by atoms with Gasteiger partial charge in [-0.2, -0.15) is 13.2 Å². The minimum Gasteiger partial charge on any atom is -0.496 e. The Morgan fingerprint density at radius 2 is 1.76 bits per heavy atom. The summed E-state index contributed by atoms with van der Waals surface area (Å²) in [6.07, 6.45) is -9.32. The fraction of sp³-hybridized carbons (Fsp3) is 0.400. The molecule has 0 unspecified atom stereocenters. The van der Waals surface area contributed by atoms with Gasteiger partial charge in [-0.3, -0.25) is 9.59 Å². The summed E-state index contributed by atoms with van der Waals surface area (Å²) >= 11 is 7.04. The third kappa shape index (κ3) is 4.69. The Labute approximate surface area is 236 Å². The van der Waals surface area contributed by atoms with E-state index >= 15 is 0 Å². The Bertz CT molecular complexity index is 1570. The molecule has 1 saturated carbocycles. The molecule has 4 heterocycles. The molecule has 0 radical (unpaired) electrons. The zero-order chi connectivity index (χ0) is 29.4. The maximum Gasteiger partial charge on any atom is 0.586 e. The van der Waals surface area contributed by atoms with Gasteiger partial charge in [0.2, 0.25) is 0 Å². The molecule has 3 aliphatic heterocycles. The summed E-state index contributed by atoms with van der Waals surface area (Å²) in [6, 6.07) is 5.05. The Morgan fingerprint density at radius 3 is 2.37 bits per heavy atom. The van der Waals surface area contributed by atoms with E-state index in [1.54, 1.807) is 6.07 Å². The average Bonchev–Trinajstić information content (AvgIpc) is 3.43. The normalized spacial score (nSPS) is 24.4. The van der Waals surface area contributed by atoms with E-state index in [2.05, 4.69) is 25.1 Å². The van der Waals surface area contributed by atoms with Crippen LogP contribution < -0.4 is 24.8 Å². The fourth-order valence-corrected chi connectivity index (χ4v) is 6.48. The quantitative estimate of drug-likeness (QED) is 0.342. The number of benzene rings is 2. The van der Waals surface area contributed by atoms with Gasteiger partial charge in [-0.05, 0) is 43.9 Å². The zero-order valence-corrected chi connectivity index (χ0v) is 22.5. The van der Waals surface area contributed by atoms with Crippen LogP contribution in [-0.4, -0.2) is 54.1 Å². The molecular formula is C25H19ClF5N3O6S. The average molecular weight is 620 g/mol. The molecule has 7 rings (SSSR count). The van der Waals surface area contributed by atoms with Gasteiger partial charge in [-0.15, -0.1) is 20.1 Å². The lowest BCUT2D eigenvalue weighted by Gasteiger charge is -2.53. The van der Waals surface area contributed by atoms with E-state index in [1.807, 2.05) is 0 Å². The molecule has 3 fully saturated rings. The van der Waals surface area contributed by atoms with Crippen molar-refractivity contribution >= 4 is 50.7 Å².